The van der Waals surface area contributed by atoms with Crippen molar-refractivity contribution in [3.63, 3.8) is 0 Å². The standard InChI is InChI=1S/C22H29N7O5/c1-28-7-3-14(27-28)13-10-29(20-15(13)19(23)25-11-26-20)22-17(31)16(30)18(34-22)21(32)24-6-2-12-4-8-33-9-5-12/h3,7,10-12,16-18,22,30-31H,2,4-6,8-9H2,1H3,(H,24,32)(H2,23,25,26)/t16-,17+,18-,22+/m0/s1. The molecule has 4 atom stereocenters. The number of rotatable bonds is 6. The molecular weight excluding hydrogens is 442 g/mol. The van der Waals surface area contributed by atoms with E-state index in [9.17, 15) is 15.0 Å². The number of nitrogens with one attached hydrogen (secondary N) is 1. The Morgan fingerprint density at radius 2 is 2.06 bits per heavy atom. The zero-order valence-corrected chi connectivity index (χ0v) is 18.9. The van der Waals surface area contributed by atoms with Gasteiger partial charge in [-0.1, -0.05) is 0 Å². The number of aryl methyl sites for hydroxylation is 1. The number of carbonyl (C=O) groups is 1. The van der Waals surface area contributed by atoms with Crippen LogP contribution >= 0.6 is 0 Å². The van der Waals surface area contributed by atoms with Gasteiger partial charge in [-0.05, 0) is 31.2 Å². The summed E-state index contributed by atoms with van der Waals surface area (Å²) in [6.07, 6.45) is 2.57. The van der Waals surface area contributed by atoms with Crippen LogP contribution in [0.3, 0.4) is 0 Å². The van der Waals surface area contributed by atoms with Crippen molar-refractivity contribution in [1.29, 1.82) is 0 Å². The molecule has 5 rings (SSSR count). The van der Waals surface area contributed by atoms with Crippen molar-refractivity contribution in [1.82, 2.24) is 29.6 Å². The second-order valence-electron chi connectivity index (χ2n) is 8.85. The summed E-state index contributed by atoms with van der Waals surface area (Å²) in [6, 6.07) is 1.82. The van der Waals surface area contributed by atoms with E-state index in [2.05, 4.69) is 20.4 Å². The fourth-order valence-electron chi connectivity index (χ4n) is 4.70. The Balaban J connectivity index is 1.36. The second kappa shape index (κ2) is 9.29. The Bertz CT molecular complexity index is 1170. The third-order valence-electron chi connectivity index (χ3n) is 6.59. The van der Waals surface area contributed by atoms with Crippen molar-refractivity contribution < 1.29 is 24.5 Å². The number of fused-ring (bicyclic) bond motifs is 1. The highest BCUT2D eigenvalue weighted by Crippen LogP contribution is 2.37. The zero-order chi connectivity index (χ0) is 23.8. The van der Waals surface area contributed by atoms with Crippen molar-refractivity contribution in [3.05, 3.63) is 24.8 Å². The Labute approximate surface area is 195 Å². The van der Waals surface area contributed by atoms with Gasteiger partial charge in [0.15, 0.2) is 12.3 Å². The number of aliphatic hydroxyl groups excluding tert-OH is 2. The average Bonchev–Trinajstić information content (AvgIpc) is 3.51. The predicted molar refractivity (Wildman–Crippen MR) is 121 cm³/mol. The summed E-state index contributed by atoms with van der Waals surface area (Å²) in [5, 5.41) is 29.2. The summed E-state index contributed by atoms with van der Waals surface area (Å²) in [7, 11) is 1.80. The third kappa shape index (κ3) is 4.13. The number of ether oxygens (including phenoxy) is 2. The molecule has 3 aromatic rings. The van der Waals surface area contributed by atoms with Gasteiger partial charge in [0.05, 0.1) is 11.1 Å². The summed E-state index contributed by atoms with van der Waals surface area (Å²) in [5.74, 6) is 0.291. The van der Waals surface area contributed by atoms with Gasteiger partial charge in [0, 0.05) is 44.8 Å². The van der Waals surface area contributed by atoms with Crippen molar-refractivity contribution in [3.8, 4) is 11.3 Å². The van der Waals surface area contributed by atoms with Crippen LogP contribution in [0.15, 0.2) is 24.8 Å². The van der Waals surface area contributed by atoms with Crippen molar-refractivity contribution in [2.45, 2.75) is 43.8 Å². The summed E-state index contributed by atoms with van der Waals surface area (Å²) in [4.78, 5) is 21.2. The van der Waals surface area contributed by atoms with Crippen LogP contribution in [-0.4, -0.2) is 78.5 Å². The van der Waals surface area contributed by atoms with Crippen LogP contribution in [0.2, 0.25) is 0 Å². The molecular formula is C22H29N7O5. The molecule has 0 radical (unpaired) electrons. The van der Waals surface area contributed by atoms with E-state index in [0.717, 1.165) is 32.5 Å². The third-order valence-corrected chi connectivity index (χ3v) is 6.59. The average molecular weight is 472 g/mol. The molecule has 12 heteroatoms. The minimum Gasteiger partial charge on any atom is -0.387 e. The molecule has 2 aliphatic heterocycles. The Kier molecular flexibility index (Phi) is 6.21. The number of nitrogen functional groups attached to an aromatic ring is 1. The molecule has 5 N–H and O–H groups in total. The number of nitrogens with two attached hydrogens (primary N) is 1. The smallest absolute Gasteiger partial charge is 0.252 e. The molecule has 0 aromatic carbocycles. The molecule has 0 bridgehead atoms. The lowest BCUT2D eigenvalue weighted by Gasteiger charge is -2.22. The van der Waals surface area contributed by atoms with E-state index in [1.54, 1.807) is 28.7 Å². The molecule has 12 nitrogen and oxygen atoms in total. The normalized spacial score (nSPS) is 25.7. The van der Waals surface area contributed by atoms with Gasteiger partial charge in [0.1, 0.15) is 30.0 Å². The second-order valence-corrected chi connectivity index (χ2v) is 8.85. The molecule has 0 aliphatic carbocycles. The van der Waals surface area contributed by atoms with Crippen LogP contribution in [0.1, 0.15) is 25.5 Å². The Hall–Kier alpha value is -3.06. The maximum absolute atomic E-state index is 12.8. The first kappa shape index (κ1) is 22.7. The quantitative estimate of drug-likeness (QED) is 0.386. The lowest BCUT2D eigenvalue weighted by atomic mass is 9.96. The molecule has 0 unspecified atom stereocenters. The molecule has 182 valence electrons. The number of hydrogen-bond acceptors (Lipinski definition) is 9. The monoisotopic (exact) mass is 471 g/mol. The molecule has 34 heavy (non-hydrogen) atoms. The van der Waals surface area contributed by atoms with Gasteiger partial charge in [-0.3, -0.25) is 9.48 Å². The lowest BCUT2D eigenvalue weighted by Crippen LogP contribution is -2.43. The number of hydrogen-bond donors (Lipinski definition) is 4. The first-order valence-electron chi connectivity index (χ1n) is 11.4. The van der Waals surface area contributed by atoms with Gasteiger partial charge in [-0.15, -0.1) is 0 Å². The van der Waals surface area contributed by atoms with Crippen LogP contribution in [-0.2, 0) is 21.3 Å². The largest absolute Gasteiger partial charge is 0.387 e. The number of carbonyl (C=O) groups excluding carboxylic acids is 1. The van der Waals surface area contributed by atoms with Crippen LogP contribution in [0.5, 0.6) is 0 Å². The van der Waals surface area contributed by atoms with Crippen molar-refractivity contribution >= 4 is 22.8 Å². The number of nitrogens with zero attached hydrogens (tertiary/aromatic N) is 5. The number of aromatic nitrogens is 5. The Morgan fingerprint density at radius 3 is 2.79 bits per heavy atom. The lowest BCUT2D eigenvalue weighted by molar-refractivity contribution is -0.137. The molecule has 2 aliphatic rings. The summed E-state index contributed by atoms with van der Waals surface area (Å²) >= 11 is 0. The number of amides is 1. The molecule has 1 amide bonds. The molecule has 0 saturated carbocycles. The van der Waals surface area contributed by atoms with Gasteiger partial charge in [-0.25, -0.2) is 9.97 Å². The van der Waals surface area contributed by atoms with E-state index in [1.807, 2.05) is 6.07 Å². The van der Waals surface area contributed by atoms with Gasteiger partial charge in [0.2, 0.25) is 0 Å². The van der Waals surface area contributed by atoms with E-state index in [4.69, 9.17) is 15.2 Å². The molecule has 5 heterocycles. The van der Waals surface area contributed by atoms with E-state index in [0.29, 0.717) is 34.8 Å². The van der Waals surface area contributed by atoms with Crippen LogP contribution < -0.4 is 11.1 Å². The highest BCUT2D eigenvalue weighted by Gasteiger charge is 2.47. The number of aliphatic hydroxyl groups is 2. The molecule has 0 spiro atoms. The predicted octanol–water partition coefficient (Wildman–Crippen LogP) is -0.0339. The first-order chi connectivity index (χ1) is 16.4. The number of anilines is 1. The van der Waals surface area contributed by atoms with E-state index >= 15 is 0 Å². The van der Waals surface area contributed by atoms with Gasteiger partial charge in [0.25, 0.3) is 5.91 Å². The van der Waals surface area contributed by atoms with Crippen LogP contribution in [0, 0.1) is 5.92 Å². The van der Waals surface area contributed by atoms with Gasteiger partial charge >= 0.3 is 0 Å². The maximum atomic E-state index is 12.8. The van der Waals surface area contributed by atoms with Crippen molar-refractivity contribution in [2.24, 2.45) is 13.0 Å². The zero-order valence-electron chi connectivity index (χ0n) is 18.9. The van der Waals surface area contributed by atoms with Gasteiger partial charge < -0.3 is 35.3 Å². The summed E-state index contributed by atoms with van der Waals surface area (Å²) < 4.78 is 14.5. The highest BCUT2D eigenvalue weighted by atomic mass is 16.6. The molecule has 2 fully saturated rings. The van der Waals surface area contributed by atoms with E-state index in [1.165, 1.54) is 6.33 Å². The van der Waals surface area contributed by atoms with Crippen LogP contribution in [0.4, 0.5) is 5.82 Å². The molecule has 3 aromatic heterocycles. The van der Waals surface area contributed by atoms with Gasteiger partial charge in [-0.2, -0.15) is 5.10 Å². The van der Waals surface area contributed by atoms with Crippen LogP contribution in [0.25, 0.3) is 22.3 Å². The minimum atomic E-state index is -1.40. The highest BCUT2D eigenvalue weighted by molar-refractivity contribution is 5.99. The Morgan fingerprint density at radius 1 is 1.26 bits per heavy atom. The first-order valence-corrected chi connectivity index (χ1v) is 11.4. The molecule has 2 saturated heterocycles. The summed E-state index contributed by atoms with van der Waals surface area (Å²) in [5.41, 5.74) is 7.85. The van der Waals surface area contributed by atoms with Crippen molar-refractivity contribution in [2.75, 3.05) is 25.5 Å². The fourth-order valence-corrected chi connectivity index (χ4v) is 4.70. The van der Waals surface area contributed by atoms with E-state index in [-0.39, 0.29) is 5.82 Å². The SMILES string of the molecule is Cn1ccc(-c2cn([C@@H]3O[C@H](C(=O)NCCC4CCOCC4)[C@@H](O)[C@H]3O)c3ncnc(N)c23)n1. The topological polar surface area (TPSA) is 163 Å². The summed E-state index contributed by atoms with van der Waals surface area (Å²) in [6.45, 7) is 1.96. The maximum Gasteiger partial charge on any atom is 0.252 e. The van der Waals surface area contributed by atoms with E-state index < -0.39 is 30.4 Å². The fraction of sp³-hybridized carbons (Fsp3) is 0.545. The minimum absolute atomic E-state index is 0.250.